The molecule has 0 heterocycles. The normalized spacial score (nSPS) is 13.0. The highest BCUT2D eigenvalue weighted by Crippen LogP contribution is 2.28. The second-order valence-electron chi connectivity index (χ2n) is 9.39. The molecular formula is C32H35ClO2. The lowest BCUT2D eigenvalue weighted by Gasteiger charge is -2.23. The van der Waals surface area contributed by atoms with Crippen LogP contribution in [-0.2, 0) is 16.8 Å². The van der Waals surface area contributed by atoms with Gasteiger partial charge in [-0.1, -0.05) is 91.0 Å². The van der Waals surface area contributed by atoms with Crippen molar-refractivity contribution in [3.63, 3.8) is 0 Å². The first-order chi connectivity index (χ1) is 16.7. The first-order valence-electron chi connectivity index (χ1n) is 11.9. The number of rotatable bonds is 10. The molecule has 0 radical (unpaired) electrons. The van der Waals surface area contributed by atoms with Gasteiger partial charge in [0.1, 0.15) is 0 Å². The Bertz CT molecular complexity index is 1210. The Hall–Kier alpha value is -2.91. The monoisotopic (exact) mass is 486 g/mol. The van der Waals surface area contributed by atoms with Crippen LogP contribution in [0, 0.1) is 6.92 Å². The van der Waals surface area contributed by atoms with Gasteiger partial charge in [-0.25, -0.2) is 0 Å². The predicted octanol–water partition coefficient (Wildman–Crippen LogP) is 8.48. The highest BCUT2D eigenvalue weighted by molar-refractivity contribution is 6.30. The summed E-state index contributed by atoms with van der Waals surface area (Å²) < 4.78 is 5.85. The Morgan fingerprint density at radius 2 is 1.77 bits per heavy atom. The lowest BCUT2D eigenvalue weighted by molar-refractivity contribution is 0.0760. The smallest absolute Gasteiger partial charge is 0.0843 e. The van der Waals surface area contributed by atoms with E-state index in [2.05, 4.69) is 49.1 Å². The van der Waals surface area contributed by atoms with Crippen molar-refractivity contribution in [3.05, 3.63) is 129 Å². The molecule has 0 amide bonds. The number of hydrogen-bond donors (Lipinski definition) is 1. The van der Waals surface area contributed by atoms with E-state index in [1.807, 2.05) is 69.3 Å². The molecule has 0 aliphatic rings. The summed E-state index contributed by atoms with van der Waals surface area (Å²) in [7, 11) is 1.75. The maximum Gasteiger partial charge on any atom is 0.0843 e. The van der Waals surface area contributed by atoms with Crippen LogP contribution in [0.4, 0.5) is 0 Å². The molecule has 1 N–H and O–H groups in total. The average Bonchev–Trinajstić information content (AvgIpc) is 2.82. The summed E-state index contributed by atoms with van der Waals surface area (Å²) in [5.41, 5.74) is 6.65. The van der Waals surface area contributed by atoms with E-state index in [1.165, 1.54) is 0 Å². The zero-order valence-electron chi connectivity index (χ0n) is 21.1. The number of benzene rings is 3. The SMILES string of the molecule is C=C(/C=C\c1ccc(Cl)cc1C)/C=C/c1cccc(C(CCc2ccccc2C(C)(C)O)OC)c1. The molecule has 3 heteroatoms. The molecule has 35 heavy (non-hydrogen) atoms. The molecule has 1 atom stereocenters. The number of halogens is 1. The molecule has 0 bridgehead atoms. The zero-order chi connectivity index (χ0) is 25.4. The van der Waals surface area contributed by atoms with E-state index < -0.39 is 5.60 Å². The van der Waals surface area contributed by atoms with Crippen LogP contribution in [0.3, 0.4) is 0 Å². The molecule has 0 saturated carbocycles. The van der Waals surface area contributed by atoms with Gasteiger partial charge in [-0.3, -0.25) is 0 Å². The highest BCUT2D eigenvalue weighted by Gasteiger charge is 2.20. The molecule has 0 saturated heterocycles. The molecule has 0 spiro atoms. The Kier molecular flexibility index (Phi) is 9.28. The molecule has 3 rings (SSSR count). The third-order valence-corrected chi connectivity index (χ3v) is 6.35. The molecule has 2 nitrogen and oxygen atoms in total. The summed E-state index contributed by atoms with van der Waals surface area (Å²) in [4.78, 5) is 0. The number of hydrogen-bond acceptors (Lipinski definition) is 2. The zero-order valence-corrected chi connectivity index (χ0v) is 21.8. The van der Waals surface area contributed by atoms with Gasteiger partial charge in [0, 0.05) is 12.1 Å². The third kappa shape index (κ3) is 7.80. The quantitative estimate of drug-likeness (QED) is 0.291. The maximum absolute atomic E-state index is 10.5. The van der Waals surface area contributed by atoms with Gasteiger partial charge in [-0.2, -0.15) is 0 Å². The van der Waals surface area contributed by atoms with Gasteiger partial charge in [0.2, 0.25) is 0 Å². The Balaban J connectivity index is 1.67. The highest BCUT2D eigenvalue weighted by atomic mass is 35.5. The summed E-state index contributed by atoms with van der Waals surface area (Å²) in [6, 6.07) is 22.3. The van der Waals surface area contributed by atoms with Crippen molar-refractivity contribution in [2.24, 2.45) is 0 Å². The average molecular weight is 487 g/mol. The summed E-state index contributed by atoms with van der Waals surface area (Å²) in [5, 5.41) is 11.3. The summed E-state index contributed by atoms with van der Waals surface area (Å²) in [5.74, 6) is 0. The van der Waals surface area contributed by atoms with Crippen LogP contribution in [0.15, 0.2) is 91.0 Å². The predicted molar refractivity (Wildman–Crippen MR) is 150 cm³/mol. The fourth-order valence-corrected chi connectivity index (χ4v) is 4.41. The lowest BCUT2D eigenvalue weighted by Crippen LogP contribution is -2.18. The van der Waals surface area contributed by atoms with Crippen LogP contribution >= 0.6 is 11.6 Å². The Morgan fingerprint density at radius 3 is 2.49 bits per heavy atom. The van der Waals surface area contributed by atoms with Crippen LogP contribution in [0.2, 0.25) is 5.02 Å². The second-order valence-corrected chi connectivity index (χ2v) is 9.83. The van der Waals surface area contributed by atoms with Crippen LogP contribution in [-0.4, -0.2) is 12.2 Å². The number of ether oxygens (including phenoxy) is 1. The van der Waals surface area contributed by atoms with Crippen LogP contribution in [0.25, 0.3) is 12.2 Å². The van der Waals surface area contributed by atoms with Gasteiger partial charge in [0.25, 0.3) is 0 Å². The molecule has 0 aliphatic heterocycles. The minimum atomic E-state index is -0.868. The van der Waals surface area contributed by atoms with Crippen LogP contribution < -0.4 is 0 Å². The van der Waals surface area contributed by atoms with Crippen molar-refractivity contribution >= 4 is 23.8 Å². The van der Waals surface area contributed by atoms with Gasteiger partial charge in [0.05, 0.1) is 11.7 Å². The van der Waals surface area contributed by atoms with Crippen molar-refractivity contribution in [2.45, 2.75) is 45.3 Å². The lowest BCUT2D eigenvalue weighted by atomic mass is 9.90. The third-order valence-electron chi connectivity index (χ3n) is 6.12. The molecule has 1 unspecified atom stereocenters. The van der Waals surface area contributed by atoms with Crippen molar-refractivity contribution in [2.75, 3.05) is 7.11 Å². The number of allylic oxidation sites excluding steroid dienone is 3. The Morgan fingerprint density at radius 1 is 1.03 bits per heavy atom. The Labute approximate surface area is 215 Å². The van der Waals surface area contributed by atoms with Crippen molar-refractivity contribution in [3.8, 4) is 0 Å². The summed E-state index contributed by atoms with van der Waals surface area (Å²) in [6.07, 6.45) is 9.77. The molecule has 0 aliphatic carbocycles. The van der Waals surface area contributed by atoms with E-state index in [0.717, 1.165) is 56.8 Å². The van der Waals surface area contributed by atoms with Crippen molar-refractivity contribution in [1.82, 2.24) is 0 Å². The summed E-state index contributed by atoms with van der Waals surface area (Å²) >= 11 is 6.05. The van der Waals surface area contributed by atoms with Crippen molar-refractivity contribution in [1.29, 1.82) is 0 Å². The fraction of sp³-hybridized carbons (Fsp3) is 0.250. The second kappa shape index (κ2) is 12.2. The molecular weight excluding hydrogens is 452 g/mol. The van der Waals surface area contributed by atoms with E-state index in [0.29, 0.717) is 0 Å². The first kappa shape index (κ1) is 26.7. The molecule has 0 fully saturated rings. The maximum atomic E-state index is 10.5. The van der Waals surface area contributed by atoms with E-state index in [4.69, 9.17) is 16.3 Å². The first-order valence-corrected chi connectivity index (χ1v) is 12.3. The van der Waals surface area contributed by atoms with Crippen LogP contribution in [0.1, 0.15) is 59.8 Å². The number of aryl methyl sites for hydroxylation is 2. The largest absolute Gasteiger partial charge is 0.386 e. The van der Waals surface area contributed by atoms with Crippen molar-refractivity contribution < 1.29 is 9.84 Å². The van der Waals surface area contributed by atoms with E-state index in [1.54, 1.807) is 7.11 Å². The van der Waals surface area contributed by atoms with Gasteiger partial charge < -0.3 is 9.84 Å². The van der Waals surface area contributed by atoms with E-state index in [-0.39, 0.29) is 6.10 Å². The van der Waals surface area contributed by atoms with Crippen LogP contribution in [0.5, 0.6) is 0 Å². The molecule has 182 valence electrons. The summed E-state index contributed by atoms with van der Waals surface area (Å²) in [6.45, 7) is 9.86. The van der Waals surface area contributed by atoms with Gasteiger partial charge in [-0.15, -0.1) is 0 Å². The van der Waals surface area contributed by atoms with E-state index >= 15 is 0 Å². The molecule has 0 aromatic heterocycles. The minimum Gasteiger partial charge on any atom is -0.386 e. The van der Waals surface area contributed by atoms with Gasteiger partial charge in [-0.05, 0) is 90.8 Å². The fourth-order valence-electron chi connectivity index (χ4n) is 4.19. The van der Waals surface area contributed by atoms with Gasteiger partial charge >= 0.3 is 0 Å². The van der Waals surface area contributed by atoms with E-state index in [9.17, 15) is 5.11 Å². The molecule has 3 aromatic rings. The topological polar surface area (TPSA) is 29.5 Å². The molecule has 3 aromatic carbocycles. The standard InChI is InChI=1S/C32H35ClO2/c1-23(14-16-26-17-19-29(33)21-24(26)2)13-15-25-9-8-11-28(22-25)31(35-5)20-18-27-10-6-7-12-30(27)32(3,4)34/h6-17,19,21-22,31,34H,1,18,20H2,2-5H3/b15-13+,16-14-. The van der Waals surface area contributed by atoms with Gasteiger partial charge in [0.15, 0.2) is 0 Å². The number of methoxy groups -OCH3 is 1. The number of aliphatic hydroxyl groups is 1. The minimum absolute atomic E-state index is 0.0332.